The number of carbonyl (C=O) groups is 3. The van der Waals surface area contributed by atoms with Gasteiger partial charge in [-0.05, 0) is 60.0 Å². The number of hydrogen-bond donors (Lipinski definition) is 1. The van der Waals surface area contributed by atoms with Crippen LogP contribution in [-0.4, -0.2) is 70.6 Å². The maximum absolute atomic E-state index is 13.8. The number of esters is 2. The van der Waals surface area contributed by atoms with Crippen LogP contribution in [0.4, 0.5) is 8.78 Å². The largest absolute Gasteiger partial charge is 2.00 e. The van der Waals surface area contributed by atoms with Crippen LogP contribution in [0, 0.1) is 19.1 Å². The average molecular weight is 656 g/mol. The van der Waals surface area contributed by atoms with Crippen molar-refractivity contribution in [3.63, 3.8) is 0 Å². The Labute approximate surface area is 270 Å². The van der Waals surface area contributed by atoms with E-state index in [1.54, 1.807) is 13.0 Å². The van der Waals surface area contributed by atoms with Crippen LogP contribution in [0.1, 0.15) is 51.1 Å². The van der Waals surface area contributed by atoms with Gasteiger partial charge < -0.3 is 23.4 Å². The quantitative estimate of drug-likeness (QED) is 0.117. The zero-order valence-electron chi connectivity index (χ0n) is 24.3. The fourth-order valence-corrected chi connectivity index (χ4v) is 3.74. The molecule has 2 aromatic carbocycles. The third-order valence-corrected chi connectivity index (χ3v) is 5.65. The number of benzene rings is 2. The molecule has 0 spiro atoms. The molecule has 0 amide bonds. The SMILES string of the molecule is Br.COC(=O)c1ccc(-c2ccncc2F)c(C(C)O)c1.COC(=O)c1ccc(-c2ccncc2F)c(C=O)c1.[CH3-].[H-].[Mg+2]. The Hall–Kier alpha value is -3.58. The molecule has 42 heavy (non-hydrogen) atoms. The van der Waals surface area contributed by atoms with Crippen molar-refractivity contribution in [2.75, 3.05) is 14.2 Å². The summed E-state index contributed by atoms with van der Waals surface area (Å²) in [5.74, 6) is -2.07. The number of hydrogen-bond acceptors (Lipinski definition) is 8. The van der Waals surface area contributed by atoms with Gasteiger partial charge in [-0.1, -0.05) is 12.1 Å². The normalized spacial score (nSPS) is 10.2. The fourth-order valence-electron chi connectivity index (χ4n) is 3.74. The summed E-state index contributed by atoms with van der Waals surface area (Å²) in [7, 11) is 2.53. The molecule has 12 heteroatoms. The number of aldehydes is 1. The van der Waals surface area contributed by atoms with E-state index in [-0.39, 0.29) is 65.6 Å². The second kappa shape index (κ2) is 18.1. The predicted molar refractivity (Wildman–Crippen MR) is 162 cm³/mol. The minimum Gasteiger partial charge on any atom is -1.00 e. The molecule has 4 rings (SSSR count). The number of methoxy groups -OCH3 is 2. The maximum Gasteiger partial charge on any atom is 2.00 e. The average Bonchev–Trinajstić information content (AvgIpc) is 2.96. The van der Waals surface area contributed by atoms with Crippen molar-refractivity contribution in [3.8, 4) is 22.3 Å². The van der Waals surface area contributed by atoms with Crippen molar-refractivity contribution >= 4 is 58.3 Å². The molecule has 1 unspecified atom stereocenters. The molecule has 0 fully saturated rings. The van der Waals surface area contributed by atoms with E-state index < -0.39 is 29.7 Å². The monoisotopic (exact) mass is 654 g/mol. The number of halogens is 3. The van der Waals surface area contributed by atoms with Crippen molar-refractivity contribution in [1.29, 1.82) is 0 Å². The van der Waals surface area contributed by atoms with Crippen molar-refractivity contribution in [1.82, 2.24) is 9.97 Å². The van der Waals surface area contributed by atoms with Crippen molar-refractivity contribution in [2.45, 2.75) is 13.0 Å². The minimum atomic E-state index is -0.845. The summed E-state index contributed by atoms with van der Waals surface area (Å²) in [5, 5.41) is 9.85. The third kappa shape index (κ3) is 9.21. The van der Waals surface area contributed by atoms with E-state index in [1.165, 1.54) is 69.1 Å². The van der Waals surface area contributed by atoms with Crippen LogP contribution in [0.2, 0.25) is 0 Å². The molecule has 0 bridgehead atoms. The second-order valence-electron chi connectivity index (χ2n) is 8.09. The molecule has 0 aliphatic heterocycles. The molecule has 1 N–H and O–H groups in total. The maximum atomic E-state index is 13.8. The molecule has 218 valence electrons. The number of nitrogens with zero attached hydrogens (tertiary/aromatic N) is 2. The van der Waals surface area contributed by atoms with E-state index in [9.17, 15) is 28.3 Å². The predicted octanol–water partition coefficient (Wildman–Crippen LogP) is 5.97. The first-order valence-electron chi connectivity index (χ1n) is 11.5. The standard InChI is InChI=1S/C15H14FNO3.C14H10FNO3.CH3.BrH.Mg.H/c1-9(18)13-7-10(15(19)20-2)3-4-11(13)12-5-6-17-8-14(12)16;1-19-14(18)9-2-3-11(10(6-9)8-17)12-4-5-16-7-13(12)15;;;;/h3-9,18H,1-2H3;2-8H,1H3;1H3;1H;;/q;;-1;;+2;-1. The number of pyridine rings is 2. The Morgan fingerprint density at radius 1 is 0.833 bits per heavy atom. The van der Waals surface area contributed by atoms with Crippen molar-refractivity contribution in [3.05, 3.63) is 115 Å². The van der Waals surface area contributed by atoms with E-state index in [1.807, 2.05) is 0 Å². The molecular formula is C30H29BrF2MgN2O6. The molecule has 0 aliphatic carbocycles. The van der Waals surface area contributed by atoms with Gasteiger partial charge in [0.1, 0.15) is 11.6 Å². The van der Waals surface area contributed by atoms with Crippen LogP contribution in [0.5, 0.6) is 0 Å². The number of aliphatic hydroxyl groups excluding tert-OH is 1. The van der Waals surface area contributed by atoms with Gasteiger partial charge in [0.15, 0.2) is 6.29 Å². The first kappa shape index (κ1) is 38.4. The molecule has 0 saturated carbocycles. The summed E-state index contributed by atoms with van der Waals surface area (Å²) in [5.41, 5.74) is 2.73. The van der Waals surface area contributed by atoms with Gasteiger partial charge in [-0.2, -0.15) is 0 Å². The van der Waals surface area contributed by atoms with E-state index in [4.69, 9.17) is 0 Å². The van der Waals surface area contributed by atoms with E-state index >= 15 is 0 Å². The zero-order valence-corrected chi connectivity index (χ0v) is 26.5. The summed E-state index contributed by atoms with van der Waals surface area (Å²) in [4.78, 5) is 41.3. The van der Waals surface area contributed by atoms with Gasteiger partial charge in [-0.3, -0.25) is 14.8 Å². The Morgan fingerprint density at radius 2 is 1.29 bits per heavy atom. The molecule has 4 aromatic rings. The van der Waals surface area contributed by atoms with E-state index in [0.29, 0.717) is 34.1 Å². The third-order valence-electron chi connectivity index (χ3n) is 5.65. The number of ether oxygens (including phenoxy) is 2. The van der Waals surface area contributed by atoms with Crippen LogP contribution in [0.15, 0.2) is 73.3 Å². The summed E-state index contributed by atoms with van der Waals surface area (Å²) in [6, 6.07) is 12.0. The van der Waals surface area contributed by atoms with Gasteiger partial charge in [0.2, 0.25) is 0 Å². The Morgan fingerprint density at radius 3 is 1.71 bits per heavy atom. The van der Waals surface area contributed by atoms with Gasteiger partial charge in [-0.25, -0.2) is 18.4 Å². The van der Waals surface area contributed by atoms with Gasteiger partial charge in [-0.15, -0.1) is 17.0 Å². The van der Waals surface area contributed by atoms with Crippen molar-refractivity contribution in [2.24, 2.45) is 0 Å². The summed E-state index contributed by atoms with van der Waals surface area (Å²) >= 11 is 0. The smallest absolute Gasteiger partial charge is 1.00 e. The van der Waals surface area contributed by atoms with Gasteiger partial charge in [0.05, 0.1) is 43.8 Å². The van der Waals surface area contributed by atoms with Crippen LogP contribution < -0.4 is 0 Å². The van der Waals surface area contributed by atoms with Crippen molar-refractivity contribution < 1.29 is 39.2 Å². The summed E-state index contributed by atoms with van der Waals surface area (Å²) in [6.07, 6.45) is 4.80. The number of carbonyl (C=O) groups excluding carboxylic acids is 3. The first-order valence-corrected chi connectivity index (χ1v) is 11.5. The number of aromatic nitrogens is 2. The van der Waals surface area contributed by atoms with Gasteiger partial charge in [0, 0.05) is 29.1 Å². The minimum absolute atomic E-state index is 0. The van der Waals surface area contributed by atoms with Crippen LogP contribution in [-0.2, 0) is 9.47 Å². The number of aliphatic hydroxyl groups is 1. The number of rotatable bonds is 6. The molecule has 0 aliphatic rings. The Balaban J connectivity index is 0. The van der Waals surface area contributed by atoms with Crippen LogP contribution >= 0.6 is 17.0 Å². The molecular weight excluding hydrogens is 627 g/mol. The molecule has 1 atom stereocenters. The zero-order chi connectivity index (χ0) is 28.5. The summed E-state index contributed by atoms with van der Waals surface area (Å²) in [6.45, 7) is 1.55. The summed E-state index contributed by atoms with van der Waals surface area (Å²) < 4.78 is 36.7. The molecule has 2 heterocycles. The molecule has 8 nitrogen and oxygen atoms in total. The molecule has 2 aromatic heterocycles. The van der Waals surface area contributed by atoms with Gasteiger partial charge >= 0.3 is 35.0 Å². The van der Waals surface area contributed by atoms with Crippen LogP contribution in [0.3, 0.4) is 0 Å². The topological polar surface area (TPSA) is 116 Å². The van der Waals surface area contributed by atoms with E-state index in [0.717, 1.165) is 12.4 Å². The van der Waals surface area contributed by atoms with Gasteiger partial charge in [0.25, 0.3) is 0 Å². The fraction of sp³-hybridized carbons (Fsp3) is 0.133. The molecule has 0 radical (unpaired) electrons. The van der Waals surface area contributed by atoms with E-state index in [2.05, 4.69) is 19.4 Å². The first-order chi connectivity index (χ1) is 18.7. The second-order valence-corrected chi connectivity index (χ2v) is 8.09. The Bertz CT molecular complexity index is 1530. The Kier molecular flexibility index (Phi) is 16.5. The van der Waals surface area contributed by atoms with Crippen LogP contribution in [0.25, 0.3) is 22.3 Å². The molecule has 0 saturated heterocycles.